The van der Waals surface area contributed by atoms with Crippen LogP contribution in [0, 0.1) is 5.82 Å². The molecule has 2 aromatic rings. The van der Waals surface area contributed by atoms with E-state index < -0.39 is 0 Å². The van der Waals surface area contributed by atoms with E-state index in [0.29, 0.717) is 21.4 Å². The molecule has 100 valence electrons. The number of benzene rings is 2. The third-order valence-electron chi connectivity index (χ3n) is 2.56. The molecule has 0 unspecified atom stereocenters. The average molecular weight is 408 g/mol. The minimum absolute atomic E-state index is 0.275. The summed E-state index contributed by atoms with van der Waals surface area (Å²) in [6.07, 6.45) is 0. The van der Waals surface area contributed by atoms with E-state index in [9.17, 15) is 4.39 Å². The molecule has 0 heterocycles. The third-order valence-corrected chi connectivity index (χ3v) is 4.14. The molecular weight excluding hydrogens is 398 g/mol. The molecule has 19 heavy (non-hydrogen) atoms. The minimum atomic E-state index is -0.275. The van der Waals surface area contributed by atoms with Crippen molar-refractivity contribution in [2.45, 2.75) is 11.9 Å². The van der Waals surface area contributed by atoms with Crippen molar-refractivity contribution in [1.29, 1.82) is 0 Å². The van der Waals surface area contributed by atoms with Crippen LogP contribution in [-0.4, -0.2) is 0 Å². The second kappa shape index (κ2) is 6.73. The second-order valence-electron chi connectivity index (χ2n) is 3.91. The normalized spacial score (nSPS) is 10.5. The quantitative estimate of drug-likeness (QED) is 0.589. The monoisotopic (exact) mass is 406 g/mol. The Morgan fingerprint density at radius 1 is 1.11 bits per heavy atom. The first-order chi connectivity index (χ1) is 9.10. The lowest BCUT2D eigenvalue weighted by atomic mass is 10.2. The number of ether oxygens (including phenoxy) is 1. The van der Waals surface area contributed by atoms with E-state index in [1.165, 1.54) is 12.1 Å². The van der Waals surface area contributed by atoms with Gasteiger partial charge in [-0.25, -0.2) is 4.39 Å². The summed E-state index contributed by atoms with van der Waals surface area (Å²) in [4.78, 5) is 0. The lowest BCUT2D eigenvalue weighted by Crippen LogP contribution is -1.99. The summed E-state index contributed by atoms with van der Waals surface area (Å²) < 4.78 is 19.4. The first-order valence-corrected chi connectivity index (χ1v) is 7.80. The van der Waals surface area contributed by atoms with Crippen LogP contribution in [-0.2, 0) is 11.9 Å². The predicted octanol–water partition coefficient (Wildman–Crippen LogP) is 5.72. The Hall–Kier alpha value is -0.580. The second-order valence-corrected chi connectivity index (χ2v) is 5.76. The van der Waals surface area contributed by atoms with Gasteiger partial charge in [0, 0.05) is 26.0 Å². The van der Waals surface area contributed by atoms with Crippen LogP contribution in [0.1, 0.15) is 11.1 Å². The summed E-state index contributed by atoms with van der Waals surface area (Å²) >= 11 is 12.6. The Kier molecular flexibility index (Phi) is 5.25. The molecule has 0 fully saturated rings. The maximum atomic E-state index is 13.0. The molecule has 0 aliphatic heterocycles. The molecule has 0 aliphatic rings. The summed E-state index contributed by atoms with van der Waals surface area (Å²) in [6, 6.07) is 10.00. The van der Waals surface area contributed by atoms with Crippen molar-refractivity contribution < 1.29 is 9.13 Å². The molecule has 1 nitrogen and oxygen atoms in total. The van der Waals surface area contributed by atoms with Crippen molar-refractivity contribution in [1.82, 2.24) is 0 Å². The zero-order valence-electron chi connectivity index (χ0n) is 9.80. The largest absolute Gasteiger partial charge is 0.489 e. The molecule has 0 aromatic heterocycles. The average Bonchev–Trinajstić information content (AvgIpc) is 2.39. The van der Waals surface area contributed by atoms with Gasteiger partial charge in [-0.15, -0.1) is 0 Å². The number of hydrogen-bond acceptors (Lipinski definition) is 1. The van der Waals surface area contributed by atoms with E-state index in [-0.39, 0.29) is 5.82 Å². The van der Waals surface area contributed by atoms with E-state index in [1.807, 2.05) is 12.1 Å². The highest BCUT2D eigenvalue weighted by Crippen LogP contribution is 2.27. The van der Waals surface area contributed by atoms with Gasteiger partial charge < -0.3 is 4.74 Å². The summed E-state index contributed by atoms with van der Waals surface area (Å²) in [7, 11) is 0. The lowest BCUT2D eigenvalue weighted by molar-refractivity contribution is 0.303. The maximum absolute atomic E-state index is 13.0. The van der Waals surface area contributed by atoms with Crippen molar-refractivity contribution in [3.63, 3.8) is 0 Å². The first-order valence-electron chi connectivity index (χ1n) is 5.51. The lowest BCUT2D eigenvalue weighted by Gasteiger charge is -2.11. The predicted molar refractivity (Wildman–Crippen MR) is 82.5 cm³/mol. The molecule has 0 amide bonds. The SMILES string of the molecule is Fc1ccc(COc2ccc(Cl)cc2CBr)c(Br)c1. The summed E-state index contributed by atoms with van der Waals surface area (Å²) in [5, 5.41) is 1.33. The van der Waals surface area contributed by atoms with Crippen LogP contribution < -0.4 is 4.74 Å². The fraction of sp³-hybridized carbons (Fsp3) is 0.143. The zero-order chi connectivity index (χ0) is 13.8. The smallest absolute Gasteiger partial charge is 0.124 e. The fourth-order valence-electron chi connectivity index (χ4n) is 1.59. The Bertz CT molecular complexity index is 590. The van der Waals surface area contributed by atoms with E-state index in [2.05, 4.69) is 31.9 Å². The topological polar surface area (TPSA) is 9.23 Å². The molecule has 0 N–H and O–H groups in total. The fourth-order valence-corrected chi connectivity index (χ4v) is 2.69. The summed E-state index contributed by atoms with van der Waals surface area (Å²) in [5.74, 6) is 0.487. The van der Waals surface area contributed by atoms with Gasteiger partial charge in [0.1, 0.15) is 18.2 Å². The number of halogens is 4. The van der Waals surface area contributed by atoms with Crippen LogP contribution in [0.2, 0.25) is 5.02 Å². The van der Waals surface area contributed by atoms with Gasteiger partial charge in [0.15, 0.2) is 0 Å². The first kappa shape index (κ1) is 14.8. The van der Waals surface area contributed by atoms with Crippen LogP contribution in [0.4, 0.5) is 4.39 Å². The van der Waals surface area contributed by atoms with E-state index in [4.69, 9.17) is 16.3 Å². The third kappa shape index (κ3) is 3.94. The molecule has 0 spiro atoms. The number of hydrogen-bond donors (Lipinski definition) is 0. The van der Waals surface area contributed by atoms with Crippen LogP contribution in [0.25, 0.3) is 0 Å². The number of rotatable bonds is 4. The molecule has 5 heteroatoms. The summed E-state index contributed by atoms with van der Waals surface area (Å²) in [5.41, 5.74) is 1.86. The van der Waals surface area contributed by atoms with Gasteiger partial charge in [-0.05, 0) is 30.3 Å². The molecule has 0 atom stereocenters. The molecule has 0 radical (unpaired) electrons. The molecule has 2 aromatic carbocycles. The standard InChI is InChI=1S/C14H10Br2ClFO/c15-7-10-5-11(17)2-4-14(10)19-8-9-1-3-12(18)6-13(9)16/h1-6H,7-8H2. The van der Waals surface area contributed by atoms with Gasteiger partial charge in [0.25, 0.3) is 0 Å². The van der Waals surface area contributed by atoms with Crippen molar-refractivity contribution in [2.24, 2.45) is 0 Å². The highest BCUT2D eigenvalue weighted by molar-refractivity contribution is 9.10. The Morgan fingerprint density at radius 2 is 1.89 bits per heavy atom. The van der Waals surface area contributed by atoms with Gasteiger partial charge >= 0.3 is 0 Å². The van der Waals surface area contributed by atoms with Crippen LogP contribution in [0.15, 0.2) is 40.9 Å². The number of alkyl halides is 1. The van der Waals surface area contributed by atoms with E-state index in [0.717, 1.165) is 16.9 Å². The minimum Gasteiger partial charge on any atom is -0.489 e. The highest BCUT2D eigenvalue weighted by atomic mass is 79.9. The molecule has 0 saturated heterocycles. The molecule has 0 saturated carbocycles. The Balaban J connectivity index is 2.14. The Morgan fingerprint density at radius 3 is 2.58 bits per heavy atom. The van der Waals surface area contributed by atoms with Crippen LogP contribution in [0.5, 0.6) is 5.75 Å². The van der Waals surface area contributed by atoms with Crippen molar-refractivity contribution >= 4 is 43.5 Å². The van der Waals surface area contributed by atoms with Crippen molar-refractivity contribution in [3.05, 3.63) is 62.8 Å². The molecular formula is C14H10Br2ClFO. The maximum Gasteiger partial charge on any atom is 0.124 e. The molecule has 0 bridgehead atoms. The van der Waals surface area contributed by atoms with Gasteiger partial charge in [0.2, 0.25) is 0 Å². The van der Waals surface area contributed by atoms with Gasteiger partial charge in [-0.2, -0.15) is 0 Å². The molecule has 0 aliphatic carbocycles. The molecule has 2 rings (SSSR count). The van der Waals surface area contributed by atoms with Gasteiger partial charge in [0.05, 0.1) is 0 Å². The van der Waals surface area contributed by atoms with E-state index >= 15 is 0 Å². The highest BCUT2D eigenvalue weighted by Gasteiger charge is 2.06. The van der Waals surface area contributed by atoms with Crippen molar-refractivity contribution in [2.75, 3.05) is 0 Å². The van der Waals surface area contributed by atoms with E-state index in [1.54, 1.807) is 12.1 Å². The van der Waals surface area contributed by atoms with Gasteiger partial charge in [-0.1, -0.05) is 49.5 Å². The summed E-state index contributed by atoms with van der Waals surface area (Å²) in [6.45, 7) is 0.364. The van der Waals surface area contributed by atoms with Crippen LogP contribution >= 0.6 is 43.5 Å². The van der Waals surface area contributed by atoms with Gasteiger partial charge in [-0.3, -0.25) is 0 Å². The zero-order valence-corrected chi connectivity index (χ0v) is 13.7. The van der Waals surface area contributed by atoms with Crippen LogP contribution in [0.3, 0.4) is 0 Å². The Labute approximate surface area is 133 Å². The van der Waals surface area contributed by atoms with Crippen molar-refractivity contribution in [3.8, 4) is 5.75 Å².